The van der Waals surface area contributed by atoms with Crippen LogP contribution in [0.2, 0.25) is 0 Å². The third-order valence-corrected chi connectivity index (χ3v) is 5.14. The molecule has 1 fully saturated rings. The molecule has 0 bridgehead atoms. The van der Waals surface area contributed by atoms with Crippen molar-refractivity contribution in [3.8, 4) is 10.6 Å². The van der Waals surface area contributed by atoms with Crippen LogP contribution in [0.4, 0.5) is 8.78 Å². The molecule has 3 rings (SSSR count). The summed E-state index contributed by atoms with van der Waals surface area (Å²) in [4.78, 5) is 15.7. The Morgan fingerprint density at radius 3 is 2.57 bits per heavy atom. The molecule has 124 valence electrons. The van der Waals surface area contributed by atoms with E-state index in [1.54, 1.807) is 12.1 Å². The van der Waals surface area contributed by atoms with Gasteiger partial charge >= 0.3 is 0 Å². The summed E-state index contributed by atoms with van der Waals surface area (Å²) in [5.41, 5.74) is 0.344. The number of aryl methyl sites for hydroxylation is 1. The number of hydrogen-bond acceptors (Lipinski definition) is 3. The summed E-state index contributed by atoms with van der Waals surface area (Å²) < 4.78 is 28.2. The number of hydrogen-bond donors (Lipinski definition) is 0. The second-order valence-corrected chi connectivity index (χ2v) is 7.03. The van der Waals surface area contributed by atoms with Crippen LogP contribution in [0.1, 0.15) is 41.6 Å². The molecule has 1 aliphatic heterocycles. The Morgan fingerprint density at radius 1 is 1.26 bits per heavy atom. The van der Waals surface area contributed by atoms with Crippen LogP contribution in [0.3, 0.4) is 0 Å². The first kappa shape index (κ1) is 16.1. The quantitative estimate of drug-likeness (QED) is 0.851. The van der Waals surface area contributed by atoms with Crippen molar-refractivity contribution >= 4 is 17.2 Å². The van der Waals surface area contributed by atoms with E-state index in [4.69, 9.17) is 0 Å². The van der Waals surface area contributed by atoms with Gasteiger partial charge in [-0.3, -0.25) is 9.48 Å². The minimum absolute atomic E-state index is 0.0259. The number of thiophene rings is 1. The summed E-state index contributed by atoms with van der Waals surface area (Å²) in [5.74, 6) is -2.91. The zero-order chi connectivity index (χ0) is 16.6. The van der Waals surface area contributed by atoms with E-state index in [0.717, 1.165) is 37.7 Å². The normalized spacial score (nSPS) is 15.9. The third-order valence-electron chi connectivity index (χ3n) is 4.04. The van der Waals surface area contributed by atoms with Gasteiger partial charge < -0.3 is 4.90 Å². The SMILES string of the molecule is Cn1nc(-c2ccc(C(=O)N3CCCCC3)s2)cc1C(C)(F)F. The number of carbonyl (C=O) groups excluding carboxylic acids is 1. The topological polar surface area (TPSA) is 38.1 Å². The van der Waals surface area contributed by atoms with Crippen molar-refractivity contribution in [2.24, 2.45) is 7.05 Å². The lowest BCUT2D eigenvalue weighted by molar-refractivity contribution is 0.00882. The maximum atomic E-state index is 13.5. The monoisotopic (exact) mass is 339 g/mol. The highest BCUT2D eigenvalue weighted by atomic mass is 32.1. The van der Waals surface area contributed by atoms with Crippen LogP contribution in [0.25, 0.3) is 10.6 Å². The fourth-order valence-electron chi connectivity index (χ4n) is 2.84. The van der Waals surface area contributed by atoms with Crippen LogP contribution in [0.5, 0.6) is 0 Å². The molecule has 1 aliphatic rings. The van der Waals surface area contributed by atoms with Gasteiger partial charge in [0.25, 0.3) is 11.8 Å². The molecule has 0 atom stereocenters. The summed E-state index contributed by atoms with van der Waals surface area (Å²) in [6, 6.07) is 4.93. The summed E-state index contributed by atoms with van der Waals surface area (Å²) in [7, 11) is 1.50. The van der Waals surface area contributed by atoms with E-state index >= 15 is 0 Å². The summed E-state index contributed by atoms with van der Waals surface area (Å²) >= 11 is 1.31. The standard InChI is InChI=1S/C16H19F2N3OS/c1-16(17,18)14-10-11(19-20(14)2)12-6-7-13(23-12)15(22)21-8-4-3-5-9-21/h6-7,10H,3-5,8-9H2,1-2H3. The summed E-state index contributed by atoms with van der Waals surface area (Å²) in [6.07, 6.45) is 3.25. The number of nitrogens with zero attached hydrogens (tertiary/aromatic N) is 3. The lowest BCUT2D eigenvalue weighted by atomic mass is 10.1. The minimum atomic E-state index is -2.94. The average Bonchev–Trinajstić information content (AvgIpc) is 3.13. The van der Waals surface area contributed by atoms with E-state index in [1.165, 1.54) is 35.6 Å². The van der Waals surface area contributed by atoms with Crippen molar-refractivity contribution in [3.63, 3.8) is 0 Å². The molecule has 4 nitrogen and oxygen atoms in total. The van der Waals surface area contributed by atoms with E-state index in [1.807, 2.05) is 4.90 Å². The molecule has 3 heterocycles. The highest BCUT2D eigenvalue weighted by Crippen LogP contribution is 2.33. The van der Waals surface area contributed by atoms with Gasteiger partial charge in [0, 0.05) is 27.1 Å². The van der Waals surface area contributed by atoms with Gasteiger partial charge in [-0.15, -0.1) is 11.3 Å². The molecule has 7 heteroatoms. The Hall–Kier alpha value is -1.76. The van der Waals surface area contributed by atoms with E-state index in [2.05, 4.69) is 5.10 Å². The van der Waals surface area contributed by atoms with Gasteiger partial charge in [0.2, 0.25) is 0 Å². The van der Waals surface area contributed by atoms with Gasteiger partial charge in [0.15, 0.2) is 0 Å². The molecule has 1 saturated heterocycles. The Balaban J connectivity index is 1.83. The lowest BCUT2D eigenvalue weighted by Crippen LogP contribution is -2.35. The van der Waals surface area contributed by atoms with Gasteiger partial charge in [0.1, 0.15) is 11.4 Å². The van der Waals surface area contributed by atoms with Crippen molar-refractivity contribution in [1.29, 1.82) is 0 Å². The fraction of sp³-hybridized carbons (Fsp3) is 0.500. The number of likely N-dealkylation sites (tertiary alicyclic amines) is 1. The molecule has 0 N–H and O–H groups in total. The first-order chi connectivity index (χ1) is 10.9. The van der Waals surface area contributed by atoms with Crippen molar-refractivity contribution in [2.75, 3.05) is 13.1 Å². The molecule has 0 aliphatic carbocycles. The molecule has 0 radical (unpaired) electrons. The molecule has 23 heavy (non-hydrogen) atoms. The van der Waals surface area contributed by atoms with E-state index in [9.17, 15) is 13.6 Å². The van der Waals surface area contributed by atoms with E-state index in [-0.39, 0.29) is 11.6 Å². The highest BCUT2D eigenvalue weighted by Gasteiger charge is 2.29. The molecule has 2 aromatic heterocycles. The van der Waals surface area contributed by atoms with Gasteiger partial charge in [-0.25, -0.2) is 0 Å². The number of rotatable bonds is 3. The maximum Gasteiger partial charge on any atom is 0.286 e. The van der Waals surface area contributed by atoms with Gasteiger partial charge in [-0.05, 0) is 37.5 Å². The molecule has 1 amide bonds. The number of piperidine rings is 1. The van der Waals surface area contributed by atoms with Gasteiger partial charge in [-0.1, -0.05) is 0 Å². The first-order valence-corrected chi connectivity index (χ1v) is 8.50. The molecular weight excluding hydrogens is 320 g/mol. The van der Waals surface area contributed by atoms with Crippen LogP contribution >= 0.6 is 11.3 Å². The second-order valence-electron chi connectivity index (χ2n) is 5.94. The maximum absolute atomic E-state index is 13.5. The molecule has 0 aromatic carbocycles. The Labute approximate surface area is 137 Å². The molecule has 2 aromatic rings. The lowest BCUT2D eigenvalue weighted by Gasteiger charge is -2.26. The van der Waals surface area contributed by atoms with Gasteiger partial charge in [0.05, 0.1) is 9.75 Å². The van der Waals surface area contributed by atoms with Crippen LogP contribution in [0, 0.1) is 0 Å². The van der Waals surface area contributed by atoms with Crippen LogP contribution in [0.15, 0.2) is 18.2 Å². The summed E-state index contributed by atoms with van der Waals surface area (Å²) in [5, 5.41) is 4.15. The van der Waals surface area contributed by atoms with Crippen LogP contribution in [-0.4, -0.2) is 33.7 Å². The first-order valence-electron chi connectivity index (χ1n) is 7.68. The van der Waals surface area contributed by atoms with E-state index in [0.29, 0.717) is 10.6 Å². The number of halogens is 2. The summed E-state index contributed by atoms with van der Waals surface area (Å²) in [6.45, 7) is 2.44. The fourth-order valence-corrected chi connectivity index (χ4v) is 3.77. The van der Waals surface area contributed by atoms with Crippen molar-refractivity contribution in [1.82, 2.24) is 14.7 Å². The van der Waals surface area contributed by atoms with Crippen LogP contribution in [-0.2, 0) is 13.0 Å². The number of amides is 1. The van der Waals surface area contributed by atoms with Crippen LogP contribution < -0.4 is 0 Å². The largest absolute Gasteiger partial charge is 0.338 e. The number of alkyl halides is 2. The third kappa shape index (κ3) is 3.29. The second kappa shape index (κ2) is 6.03. The molecule has 0 spiro atoms. The number of aromatic nitrogens is 2. The predicted octanol–water partition coefficient (Wildman–Crippen LogP) is 3.89. The Kier molecular flexibility index (Phi) is 4.23. The van der Waals surface area contributed by atoms with E-state index < -0.39 is 5.92 Å². The van der Waals surface area contributed by atoms with Crippen molar-refractivity contribution in [3.05, 3.63) is 28.8 Å². The zero-order valence-corrected chi connectivity index (χ0v) is 14.0. The smallest absolute Gasteiger partial charge is 0.286 e. The Morgan fingerprint density at radius 2 is 1.96 bits per heavy atom. The van der Waals surface area contributed by atoms with Crippen molar-refractivity contribution in [2.45, 2.75) is 32.1 Å². The zero-order valence-electron chi connectivity index (χ0n) is 13.2. The molecule has 0 unspecified atom stereocenters. The predicted molar refractivity (Wildman–Crippen MR) is 85.8 cm³/mol. The Bertz CT molecular complexity index is 711. The molecular formula is C16H19F2N3OS. The highest BCUT2D eigenvalue weighted by molar-refractivity contribution is 7.17. The average molecular weight is 339 g/mol. The minimum Gasteiger partial charge on any atom is -0.338 e. The molecule has 0 saturated carbocycles. The number of carbonyl (C=O) groups is 1. The van der Waals surface area contributed by atoms with Crippen molar-refractivity contribution < 1.29 is 13.6 Å². The van der Waals surface area contributed by atoms with Gasteiger partial charge in [-0.2, -0.15) is 13.9 Å².